The zero-order valence-electron chi connectivity index (χ0n) is 14.6. The van der Waals surface area contributed by atoms with Gasteiger partial charge in [0.1, 0.15) is 5.60 Å². The summed E-state index contributed by atoms with van der Waals surface area (Å²) >= 11 is 0. The van der Waals surface area contributed by atoms with Crippen LogP contribution in [-0.4, -0.2) is 56.0 Å². The number of β-amino-alcohol motifs (C(OH)–C–C–N with tert-alkyl or cyclic N) is 1. The quantitative estimate of drug-likeness (QED) is 0.778. The fraction of sp³-hybridized carbons (Fsp3) is 0.529. The summed E-state index contributed by atoms with van der Waals surface area (Å²) in [5, 5.41) is 17.7. The molecule has 0 radical (unpaired) electrons. The summed E-state index contributed by atoms with van der Waals surface area (Å²) in [5.74, 6) is 0.544. The van der Waals surface area contributed by atoms with E-state index < -0.39 is 5.60 Å². The van der Waals surface area contributed by atoms with E-state index in [1.165, 1.54) is 0 Å². The van der Waals surface area contributed by atoms with E-state index in [-0.39, 0.29) is 12.5 Å². The molecule has 8 nitrogen and oxygen atoms in total. The summed E-state index contributed by atoms with van der Waals surface area (Å²) in [5.41, 5.74) is 1.20. The highest BCUT2D eigenvalue weighted by atomic mass is 16.3. The average molecular weight is 344 g/mol. The lowest BCUT2D eigenvalue weighted by Crippen LogP contribution is -2.45. The molecule has 0 spiro atoms. The molecule has 1 saturated heterocycles. The number of hydrogen-bond acceptors (Lipinski definition) is 6. The van der Waals surface area contributed by atoms with Gasteiger partial charge in [0.15, 0.2) is 0 Å². The van der Waals surface area contributed by atoms with Crippen molar-refractivity contribution in [2.45, 2.75) is 31.8 Å². The smallest absolute Gasteiger partial charge is 0.225 e. The molecule has 1 fully saturated rings. The first-order valence-electron chi connectivity index (χ1n) is 8.45. The molecule has 1 aliphatic heterocycles. The Morgan fingerprint density at radius 2 is 2.16 bits per heavy atom. The zero-order valence-corrected chi connectivity index (χ0v) is 14.6. The van der Waals surface area contributed by atoms with Crippen LogP contribution in [0.4, 0.5) is 5.95 Å². The lowest BCUT2D eigenvalue weighted by molar-refractivity contribution is -0.122. The molecule has 2 aromatic heterocycles. The summed E-state index contributed by atoms with van der Waals surface area (Å²) in [7, 11) is 1.89. The predicted molar refractivity (Wildman–Crippen MR) is 93.1 cm³/mol. The summed E-state index contributed by atoms with van der Waals surface area (Å²) in [4.78, 5) is 22.4. The molecule has 2 N–H and O–H groups in total. The number of carbonyl (C=O) groups excluding carboxylic acids is 1. The van der Waals surface area contributed by atoms with Gasteiger partial charge in [-0.1, -0.05) is 0 Å². The minimum Gasteiger partial charge on any atom is -0.386 e. The molecule has 0 bridgehead atoms. The van der Waals surface area contributed by atoms with Gasteiger partial charge in [-0.3, -0.25) is 9.48 Å². The first-order valence-corrected chi connectivity index (χ1v) is 8.45. The van der Waals surface area contributed by atoms with E-state index >= 15 is 0 Å². The third-order valence-electron chi connectivity index (χ3n) is 4.74. The Bertz CT molecular complexity index is 732. The van der Waals surface area contributed by atoms with E-state index in [9.17, 15) is 9.90 Å². The topological polar surface area (TPSA) is 96.2 Å². The molecule has 2 aromatic rings. The van der Waals surface area contributed by atoms with Gasteiger partial charge in [-0.15, -0.1) is 0 Å². The van der Waals surface area contributed by atoms with Crippen LogP contribution in [0, 0.1) is 6.92 Å². The Balaban J connectivity index is 1.46. The molecule has 134 valence electrons. The lowest BCUT2D eigenvalue weighted by atomic mass is 10.0. The maximum atomic E-state index is 12.1. The molecule has 0 aliphatic carbocycles. The normalized spacial score (nSPS) is 20.0. The van der Waals surface area contributed by atoms with Gasteiger partial charge in [0.25, 0.3) is 0 Å². The largest absolute Gasteiger partial charge is 0.386 e. The Labute approximate surface area is 146 Å². The number of nitrogens with zero attached hydrogens (tertiary/aromatic N) is 5. The molecule has 0 saturated carbocycles. The van der Waals surface area contributed by atoms with Crippen LogP contribution in [0.2, 0.25) is 0 Å². The van der Waals surface area contributed by atoms with Gasteiger partial charge in [0, 0.05) is 44.6 Å². The molecule has 1 aliphatic rings. The molecule has 8 heteroatoms. The van der Waals surface area contributed by atoms with Crippen LogP contribution in [0.25, 0.3) is 0 Å². The van der Waals surface area contributed by atoms with E-state index in [1.54, 1.807) is 29.3 Å². The highest BCUT2D eigenvalue weighted by Gasteiger charge is 2.37. The van der Waals surface area contributed by atoms with Crippen molar-refractivity contribution in [2.75, 3.05) is 24.5 Å². The van der Waals surface area contributed by atoms with Crippen LogP contribution in [0.3, 0.4) is 0 Å². The van der Waals surface area contributed by atoms with Gasteiger partial charge in [-0.2, -0.15) is 5.10 Å². The Morgan fingerprint density at radius 3 is 2.84 bits per heavy atom. The van der Waals surface area contributed by atoms with E-state index in [0.29, 0.717) is 38.3 Å². The Hall–Kier alpha value is -2.48. The van der Waals surface area contributed by atoms with Crippen molar-refractivity contribution in [3.63, 3.8) is 0 Å². The van der Waals surface area contributed by atoms with Gasteiger partial charge in [-0.25, -0.2) is 9.97 Å². The van der Waals surface area contributed by atoms with E-state index in [4.69, 9.17) is 0 Å². The van der Waals surface area contributed by atoms with Crippen molar-refractivity contribution in [1.29, 1.82) is 0 Å². The molecular weight excluding hydrogens is 320 g/mol. The molecule has 25 heavy (non-hydrogen) atoms. The minimum absolute atomic E-state index is 0.0638. The third-order valence-corrected chi connectivity index (χ3v) is 4.74. The number of aryl methyl sites for hydroxylation is 2. The first-order chi connectivity index (χ1) is 12.0. The van der Waals surface area contributed by atoms with Gasteiger partial charge in [0.05, 0.1) is 12.7 Å². The van der Waals surface area contributed by atoms with E-state index in [2.05, 4.69) is 20.4 Å². The van der Waals surface area contributed by atoms with Crippen LogP contribution >= 0.6 is 0 Å². The molecule has 1 atom stereocenters. The number of aromatic nitrogens is 4. The van der Waals surface area contributed by atoms with Gasteiger partial charge < -0.3 is 15.3 Å². The van der Waals surface area contributed by atoms with Crippen molar-refractivity contribution in [3.8, 4) is 0 Å². The number of rotatable bonds is 6. The SMILES string of the molecule is Cc1c(CCC(=O)NC[C@@]2(O)CCN(c3ncccn3)C2)cnn1C. The molecule has 0 aromatic carbocycles. The van der Waals surface area contributed by atoms with Crippen molar-refractivity contribution < 1.29 is 9.90 Å². The second-order valence-electron chi connectivity index (χ2n) is 6.60. The first kappa shape index (κ1) is 17.3. The number of anilines is 1. The minimum atomic E-state index is -0.945. The van der Waals surface area contributed by atoms with Crippen molar-refractivity contribution in [3.05, 3.63) is 35.9 Å². The summed E-state index contributed by atoms with van der Waals surface area (Å²) in [6.45, 7) is 3.31. The molecule has 1 amide bonds. The number of carbonyl (C=O) groups is 1. The zero-order chi connectivity index (χ0) is 17.9. The number of aliphatic hydroxyl groups is 1. The van der Waals surface area contributed by atoms with Crippen molar-refractivity contribution in [1.82, 2.24) is 25.1 Å². The fourth-order valence-corrected chi connectivity index (χ4v) is 3.02. The summed E-state index contributed by atoms with van der Waals surface area (Å²) in [6, 6.07) is 1.76. The van der Waals surface area contributed by atoms with Gasteiger partial charge in [0.2, 0.25) is 11.9 Å². The maximum Gasteiger partial charge on any atom is 0.225 e. The predicted octanol–water partition coefficient (Wildman–Crippen LogP) is 0.209. The van der Waals surface area contributed by atoms with Crippen molar-refractivity contribution in [2.24, 2.45) is 7.05 Å². The number of amides is 1. The molecule has 0 unspecified atom stereocenters. The van der Waals surface area contributed by atoms with Crippen LogP contribution in [0.1, 0.15) is 24.1 Å². The fourth-order valence-electron chi connectivity index (χ4n) is 3.02. The Morgan fingerprint density at radius 1 is 1.40 bits per heavy atom. The van der Waals surface area contributed by atoms with Crippen LogP contribution in [0.5, 0.6) is 0 Å². The van der Waals surface area contributed by atoms with Crippen LogP contribution in [-0.2, 0) is 18.3 Å². The van der Waals surface area contributed by atoms with Crippen molar-refractivity contribution >= 4 is 11.9 Å². The molecular formula is C17H24N6O2. The van der Waals surface area contributed by atoms with Crippen LogP contribution < -0.4 is 10.2 Å². The number of hydrogen-bond donors (Lipinski definition) is 2. The molecule has 3 rings (SSSR count). The average Bonchev–Trinajstić information content (AvgIpc) is 3.16. The monoisotopic (exact) mass is 344 g/mol. The summed E-state index contributed by atoms with van der Waals surface area (Å²) in [6.07, 6.45) is 6.77. The second-order valence-corrected chi connectivity index (χ2v) is 6.60. The number of nitrogens with one attached hydrogen (secondary N) is 1. The second kappa shape index (κ2) is 7.18. The highest BCUT2D eigenvalue weighted by Crippen LogP contribution is 2.23. The lowest BCUT2D eigenvalue weighted by Gasteiger charge is -2.23. The maximum absolute atomic E-state index is 12.1. The standard InChI is InChI=1S/C17H24N6O2/c1-13-14(10-21-22(13)2)4-5-15(24)20-11-17(25)6-9-23(12-17)16-18-7-3-8-19-16/h3,7-8,10,25H,4-6,9,11-12H2,1-2H3,(H,20,24)/t17-/m0/s1. The summed E-state index contributed by atoms with van der Waals surface area (Å²) < 4.78 is 1.80. The highest BCUT2D eigenvalue weighted by molar-refractivity contribution is 5.76. The van der Waals surface area contributed by atoms with E-state index in [0.717, 1.165) is 11.3 Å². The Kier molecular flexibility index (Phi) is 4.98. The molecule has 3 heterocycles. The van der Waals surface area contributed by atoms with Crippen LogP contribution in [0.15, 0.2) is 24.7 Å². The van der Waals surface area contributed by atoms with Gasteiger partial charge in [-0.05, 0) is 31.4 Å². The van der Waals surface area contributed by atoms with E-state index in [1.807, 2.05) is 18.9 Å². The third kappa shape index (κ3) is 4.14. The van der Waals surface area contributed by atoms with Gasteiger partial charge >= 0.3 is 0 Å².